The zero-order valence-corrected chi connectivity index (χ0v) is 13.3. The van der Waals surface area contributed by atoms with Crippen LogP contribution in [0.1, 0.15) is 33.1 Å². The van der Waals surface area contributed by atoms with Crippen molar-refractivity contribution in [3.63, 3.8) is 0 Å². The van der Waals surface area contributed by atoms with Crippen LogP contribution in [0.5, 0.6) is 0 Å². The van der Waals surface area contributed by atoms with E-state index in [9.17, 15) is 0 Å². The molecule has 2 aromatic heterocycles. The van der Waals surface area contributed by atoms with E-state index in [1.165, 1.54) is 0 Å². The summed E-state index contributed by atoms with van der Waals surface area (Å²) in [6.07, 6.45) is 5.23. The van der Waals surface area contributed by atoms with Crippen LogP contribution in [0.3, 0.4) is 0 Å². The van der Waals surface area contributed by atoms with Crippen molar-refractivity contribution >= 4 is 22.9 Å². The van der Waals surface area contributed by atoms with Crippen molar-refractivity contribution in [2.75, 3.05) is 19.5 Å². The third-order valence-corrected chi connectivity index (χ3v) is 3.00. The molecule has 0 bridgehead atoms. The van der Waals surface area contributed by atoms with Gasteiger partial charge in [-0.1, -0.05) is 20.3 Å². The zero-order chi connectivity index (χ0) is 15.0. The van der Waals surface area contributed by atoms with Crippen LogP contribution in [0.15, 0.2) is 18.3 Å². The molecule has 0 aliphatic rings. The minimum atomic E-state index is 0.266. The van der Waals surface area contributed by atoms with Crippen LogP contribution in [0.2, 0.25) is 5.28 Å². The second kappa shape index (κ2) is 8.76. The van der Waals surface area contributed by atoms with Gasteiger partial charge in [-0.05, 0) is 36.6 Å². The number of anilines is 1. The predicted molar refractivity (Wildman–Crippen MR) is 83.5 cm³/mol. The number of rotatable bonds is 5. The number of halogens is 1. The van der Waals surface area contributed by atoms with E-state index in [1.807, 2.05) is 18.3 Å². The second-order valence-electron chi connectivity index (χ2n) is 4.51. The summed E-state index contributed by atoms with van der Waals surface area (Å²) in [6, 6.07) is 4.36. The van der Waals surface area contributed by atoms with Crippen molar-refractivity contribution in [2.45, 2.75) is 39.2 Å². The lowest BCUT2D eigenvalue weighted by molar-refractivity contribution is 0.277. The average molecular weight is 299 g/mol. The third kappa shape index (κ3) is 4.65. The normalized spacial score (nSPS) is 11.8. The number of ether oxygens (including phenoxy) is 1. The maximum absolute atomic E-state index is 5.90. The Labute approximate surface area is 125 Å². The summed E-state index contributed by atoms with van der Waals surface area (Å²) in [4.78, 5) is 4.27. The van der Waals surface area contributed by atoms with Gasteiger partial charge in [0.05, 0.1) is 0 Å². The lowest BCUT2D eigenvalue weighted by Gasteiger charge is -2.17. The summed E-state index contributed by atoms with van der Waals surface area (Å²) in [5, 5.41) is 7.82. The smallest absolute Gasteiger partial charge is 0.243 e. The number of hydrogen-bond acceptors (Lipinski definition) is 4. The molecular weight excluding hydrogens is 276 g/mol. The Kier molecular flexibility index (Phi) is 7.33. The molecule has 6 heteroatoms. The Morgan fingerprint density at radius 3 is 2.70 bits per heavy atom. The Morgan fingerprint density at radius 1 is 1.40 bits per heavy atom. The standard InChI is InChI=1S/C12H17ClN4.C2H6O/c1-3-6-9(4-2)14-11-10-7-5-8-17(10)16-12(13)15-11;1-3-2/h5,7-9H,3-4,6H2,1-2H3,(H,14,15,16);1-2H3. The molecule has 0 spiro atoms. The van der Waals surface area contributed by atoms with Crippen LogP contribution < -0.4 is 5.32 Å². The summed E-state index contributed by atoms with van der Waals surface area (Å²) in [7, 11) is 3.25. The second-order valence-corrected chi connectivity index (χ2v) is 4.85. The lowest BCUT2D eigenvalue weighted by Crippen LogP contribution is -2.19. The zero-order valence-electron chi connectivity index (χ0n) is 12.6. The molecule has 2 heterocycles. The quantitative estimate of drug-likeness (QED) is 0.915. The molecule has 0 fully saturated rings. The van der Waals surface area contributed by atoms with Gasteiger partial charge in [0.2, 0.25) is 5.28 Å². The van der Waals surface area contributed by atoms with E-state index < -0.39 is 0 Å². The largest absolute Gasteiger partial charge is 0.388 e. The fourth-order valence-electron chi connectivity index (χ4n) is 1.93. The molecular formula is C14H23ClN4O. The maximum atomic E-state index is 5.90. The molecule has 1 unspecified atom stereocenters. The van der Waals surface area contributed by atoms with E-state index in [2.05, 4.69) is 34.0 Å². The maximum Gasteiger partial charge on any atom is 0.243 e. The molecule has 1 N–H and O–H groups in total. The van der Waals surface area contributed by atoms with E-state index in [0.29, 0.717) is 6.04 Å². The summed E-state index contributed by atoms with van der Waals surface area (Å²) in [5.74, 6) is 0.815. The van der Waals surface area contributed by atoms with E-state index in [4.69, 9.17) is 11.6 Å². The van der Waals surface area contributed by atoms with Crippen LogP contribution in [0.25, 0.3) is 5.52 Å². The molecule has 0 aromatic carbocycles. The van der Waals surface area contributed by atoms with E-state index in [1.54, 1.807) is 18.7 Å². The van der Waals surface area contributed by atoms with E-state index in [-0.39, 0.29) is 5.28 Å². The van der Waals surface area contributed by atoms with Gasteiger partial charge in [-0.2, -0.15) is 4.98 Å². The highest BCUT2D eigenvalue weighted by Crippen LogP contribution is 2.19. The SMILES string of the molecule is CCCC(CC)Nc1nc(Cl)nn2cccc12.COC. The van der Waals surface area contributed by atoms with Gasteiger partial charge in [-0.3, -0.25) is 0 Å². The van der Waals surface area contributed by atoms with Crippen molar-refractivity contribution in [3.05, 3.63) is 23.6 Å². The first-order chi connectivity index (χ1) is 9.65. The number of hydrogen-bond donors (Lipinski definition) is 1. The molecule has 112 valence electrons. The molecule has 5 nitrogen and oxygen atoms in total. The third-order valence-electron chi connectivity index (χ3n) is 2.84. The molecule has 1 atom stereocenters. The van der Waals surface area contributed by atoms with Crippen molar-refractivity contribution in [2.24, 2.45) is 0 Å². The van der Waals surface area contributed by atoms with Gasteiger partial charge in [0, 0.05) is 26.5 Å². The Hall–Kier alpha value is -1.33. The molecule has 0 saturated carbocycles. The molecule has 0 aliphatic carbocycles. The first-order valence-corrected chi connectivity index (χ1v) is 7.21. The minimum Gasteiger partial charge on any atom is -0.388 e. The molecule has 20 heavy (non-hydrogen) atoms. The Bertz CT molecular complexity index is 515. The lowest BCUT2D eigenvalue weighted by atomic mass is 10.1. The highest BCUT2D eigenvalue weighted by molar-refractivity contribution is 6.28. The Balaban J connectivity index is 0.000000612. The van der Waals surface area contributed by atoms with Gasteiger partial charge in [-0.15, -0.1) is 5.10 Å². The van der Waals surface area contributed by atoms with Crippen molar-refractivity contribution in [1.29, 1.82) is 0 Å². The van der Waals surface area contributed by atoms with Gasteiger partial charge in [-0.25, -0.2) is 4.52 Å². The average Bonchev–Trinajstić information content (AvgIpc) is 2.87. The molecule has 0 saturated heterocycles. The summed E-state index contributed by atoms with van der Waals surface area (Å²) in [5.41, 5.74) is 0.962. The highest BCUT2D eigenvalue weighted by atomic mass is 35.5. The van der Waals surface area contributed by atoms with Crippen molar-refractivity contribution in [3.8, 4) is 0 Å². The number of nitrogens with zero attached hydrogens (tertiary/aromatic N) is 3. The van der Waals surface area contributed by atoms with Crippen molar-refractivity contribution < 1.29 is 4.74 Å². The molecule has 0 radical (unpaired) electrons. The highest BCUT2D eigenvalue weighted by Gasteiger charge is 2.10. The number of aromatic nitrogens is 3. The number of methoxy groups -OCH3 is 1. The number of fused-ring (bicyclic) bond motifs is 1. The monoisotopic (exact) mass is 298 g/mol. The van der Waals surface area contributed by atoms with Crippen LogP contribution >= 0.6 is 11.6 Å². The van der Waals surface area contributed by atoms with Crippen LogP contribution in [0, 0.1) is 0 Å². The predicted octanol–water partition coefficient (Wildman–Crippen LogP) is 3.64. The topological polar surface area (TPSA) is 51.5 Å². The molecule has 2 rings (SSSR count). The van der Waals surface area contributed by atoms with E-state index >= 15 is 0 Å². The number of nitrogens with one attached hydrogen (secondary N) is 1. The summed E-state index contributed by atoms with van der Waals surface area (Å²) >= 11 is 5.90. The van der Waals surface area contributed by atoms with Crippen LogP contribution in [-0.2, 0) is 4.74 Å². The molecule has 0 aliphatic heterocycles. The fraction of sp³-hybridized carbons (Fsp3) is 0.571. The van der Waals surface area contributed by atoms with Crippen LogP contribution in [-0.4, -0.2) is 34.9 Å². The van der Waals surface area contributed by atoms with Crippen molar-refractivity contribution in [1.82, 2.24) is 14.6 Å². The van der Waals surface area contributed by atoms with Gasteiger partial charge in [0.1, 0.15) is 5.52 Å². The van der Waals surface area contributed by atoms with Gasteiger partial charge in [0.25, 0.3) is 0 Å². The van der Waals surface area contributed by atoms with Gasteiger partial charge >= 0.3 is 0 Å². The summed E-state index contributed by atoms with van der Waals surface area (Å²) < 4.78 is 6.00. The molecule has 0 amide bonds. The minimum absolute atomic E-state index is 0.266. The summed E-state index contributed by atoms with van der Waals surface area (Å²) in [6.45, 7) is 4.36. The first-order valence-electron chi connectivity index (χ1n) is 6.83. The first kappa shape index (κ1) is 16.7. The molecule has 2 aromatic rings. The fourth-order valence-corrected chi connectivity index (χ4v) is 2.10. The van der Waals surface area contributed by atoms with E-state index in [0.717, 1.165) is 30.6 Å². The van der Waals surface area contributed by atoms with Crippen LogP contribution in [0.4, 0.5) is 5.82 Å². The Morgan fingerprint density at radius 2 is 2.10 bits per heavy atom. The van der Waals surface area contributed by atoms with Gasteiger partial charge < -0.3 is 10.1 Å². The van der Waals surface area contributed by atoms with Gasteiger partial charge in [0.15, 0.2) is 5.82 Å².